The van der Waals surface area contributed by atoms with E-state index in [0.717, 1.165) is 17.0 Å². The molecule has 0 saturated heterocycles. The molecule has 0 radical (unpaired) electrons. The molecule has 0 spiro atoms. The van der Waals surface area contributed by atoms with E-state index in [9.17, 15) is 0 Å². The van der Waals surface area contributed by atoms with Crippen molar-refractivity contribution in [2.45, 2.75) is 33.2 Å². The van der Waals surface area contributed by atoms with Crippen molar-refractivity contribution in [2.75, 3.05) is 12.8 Å². The van der Waals surface area contributed by atoms with Gasteiger partial charge in [0.1, 0.15) is 11.6 Å². The van der Waals surface area contributed by atoms with Crippen LogP contribution in [0.4, 0.5) is 5.82 Å². The second-order valence-electron chi connectivity index (χ2n) is 5.17. The molecule has 0 aliphatic carbocycles. The highest BCUT2D eigenvalue weighted by Crippen LogP contribution is 2.32. The van der Waals surface area contributed by atoms with Crippen molar-refractivity contribution in [3.8, 4) is 11.5 Å². The van der Waals surface area contributed by atoms with Gasteiger partial charge in [-0.15, -0.1) is 0 Å². The van der Waals surface area contributed by atoms with E-state index >= 15 is 0 Å². The molecule has 0 fully saturated rings. The number of nitrogens with two attached hydrogens (primary N) is 1. The molecule has 0 atom stereocenters. The Balaban J connectivity index is 2.38. The van der Waals surface area contributed by atoms with Crippen molar-refractivity contribution in [3.63, 3.8) is 0 Å². The zero-order chi connectivity index (χ0) is 15.4. The summed E-state index contributed by atoms with van der Waals surface area (Å²) in [7, 11) is 1.88. The summed E-state index contributed by atoms with van der Waals surface area (Å²) in [5, 5.41) is 3.08. The number of anilines is 1. The Hall–Kier alpha value is -2.21. The Morgan fingerprint density at radius 2 is 2.00 bits per heavy atom. The molecule has 0 bridgehead atoms. The summed E-state index contributed by atoms with van der Waals surface area (Å²) in [5.41, 5.74) is 7.82. The van der Waals surface area contributed by atoms with Gasteiger partial charge in [-0.05, 0) is 19.9 Å². The van der Waals surface area contributed by atoms with E-state index in [1.807, 2.05) is 19.3 Å². The number of nitrogens with zero attached hydrogens (tertiary/aromatic N) is 3. The summed E-state index contributed by atoms with van der Waals surface area (Å²) in [6.07, 6.45) is 3.44. The summed E-state index contributed by atoms with van der Waals surface area (Å²) in [5.74, 6) is 2.45. The Bertz CT molecular complexity index is 627. The summed E-state index contributed by atoms with van der Waals surface area (Å²) < 4.78 is 5.93. The van der Waals surface area contributed by atoms with Crippen LogP contribution in [0.25, 0.3) is 0 Å². The third-order valence-electron chi connectivity index (χ3n) is 3.05. The maximum Gasteiger partial charge on any atom is 0.187 e. The zero-order valence-electron chi connectivity index (χ0n) is 12.8. The molecule has 112 valence electrons. The summed E-state index contributed by atoms with van der Waals surface area (Å²) in [6, 6.07) is 1.92. The minimum atomic E-state index is 0.295. The van der Waals surface area contributed by atoms with Crippen molar-refractivity contribution in [1.29, 1.82) is 0 Å². The smallest absolute Gasteiger partial charge is 0.187 e. The van der Waals surface area contributed by atoms with Crippen molar-refractivity contribution >= 4 is 5.82 Å². The van der Waals surface area contributed by atoms with E-state index < -0.39 is 0 Å². The van der Waals surface area contributed by atoms with Crippen LogP contribution in [0.5, 0.6) is 11.5 Å². The fourth-order valence-corrected chi connectivity index (χ4v) is 1.96. The number of nitrogen functional groups attached to an aromatic ring is 1. The normalized spacial score (nSPS) is 10.9. The van der Waals surface area contributed by atoms with Crippen molar-refractivity contribution < 1.29 is 4.74 Å². The highest BCUT2D eigenvalue weighted by molar-refractivity contribution is 5.48. The summed E-state index contributed by atoms with van der Waals surface area (Å²) in [4.78, 5) is 12.7. The van der Waals surface area contributed by atoms with Crippen LogP contribution in [-0.4, -0.2) is 22.0 Å². The lowest BCUT2D eigenvalue weighted by Gasteiger charge is -2.15. The average Bonchev–Trinajstić information content (AvgIpc) is 2.42. The molecular weight excluding hydrogens is 266 g/mol. The molecule has 0 aliphatic heterocycles. The Morgan fingerprint density at radius 1 is 1.24 bits per heavy atom. The SMILES string of the molecule is CNCc1cc(Oc2cnc(C)nc2N)c(C(C)C)cn1. The molecular formula is C15H21N5O. The highest BCUT2D eigenvalue weighted by atomic mass is 16.5. The minimum absolute atomic E-state index is 0.295. The molecule has 6 heteroatoms. The van der Waals surface area contributed by atoms with Gasteiger partial charge in [-0.25, -0.2) is 9.97 Å². The number of pyridine rings is 1. The van der Waals surface area contributed by atoms with Gasteiger partial charge in [0.05, 0.1) is 11.9 Å². The lowest BCUT2D eigenvalue weighted by molar-refractivity contribution is 0.468. The second-order valence-corrected chi connectivity index (χ2v) is 5.17. The van der Waals surface area contributed by atoms with E-state index in [1.54, 1.807) is 13.1 Å². The van der Waals surface area contributed by atoms with Gasteiger partial charge >= 0.3 is 0 Å². The lowest BCUT2D eigenvalue weighted by atomic mass is 10.0. The van der Waals surface area contributed by atoms with E-state index in [1.165, 1.54) is 0 Å². The molecule has 2 heterocycles. The largest absolute Gasteiger partial charge is 0.451 e. The van der Waals surface area contributed by atoms with Crippen LogP contribution in [-0.2, 0) is 6.54 Å². The molecule has 2 aromatic heterocycles. The number of hydrogen-bond donors (Lipinski definition) is 2. The molecule has 0 aliphatic rings. The van der Waals surface area contributed by atoms with Gasteiger partial charge in [-0.1, -0.05) is 13.8 Å². The molecule has 0 saturated carbocycles. The number of aryl methyl sites for hydroxylation is 1. The molecule has 2 rings (SSSR count). The van der Waals surface area contributed by atoms with Crippen LogP contribution < -0.4 is 15.8 Å². The number of hydrogen-bond acceptors (Lipinski definition) is 6. The maximum absolute atomic E-state index is 5.93. The van der Waals surface area contributed by atoms with E-state index in [4.69, 9.17) is 10.5 Å². The van der Waals surface area contributed by atoms with Gasteiger partial charge in [0.2, 0.25) is 0 Å². The van der Waals surface area contributed by atoms with Crippen LogP contribution in [0.3, 0.4) is 0 Å². The van der Waals surface area contributed by atoms with Crippen LogP contribution in [0.1, 0.15) is 36.8 Å². The summed E-state index contributed by atoms with van der Waals surface area (Å²) >= 11 is 0. The predicted molar refractivity (Wildman–Crippen MR) is 82.3 cm³/mol. The van der Waals surface area contributed by atoms with Gasteiger partial charge < -0.3 is 15.8 Å². The van der Waals surface area contributed by atoms with Crippen molar-refractivity contribution in [3.05, 3.63) is 35.5 Å². The third kappa shape index (κ3) is 3.66. The van der Waals surface area contributed by atoms with E-state index in [0.29, 0.717) is 29.9 Å². The van der Waals surface area contributed by atoms with Crippen LogP contribution in [0, 0.1) is 6.92 Å². The van der Waals surface area contributed by atoms with Gasteiger partial charge in [0, 0.05) is 24.4 Å². The highest BCUT2D eigenvalue weighted by Gasteiger charge is 2.13. The van der Waals surface area contributed by atoms with Crippen LogP contribution >= 0.6 is 0 Å². The standard InChI is InChI=1S/C15H21N5O/c1-9(2)12-7-19-11(6-17-4)5-13(12)21-14-8-18-10(3)20-15(14)16/h5,7-9,17H,6H2,1-4H3,(H2,16,18,20). The molecule has 3 N–H and O–H groups in total. The predicted octanol–water partition coefficient (Wildman–Crippen LogP) is 2.40. The topological polar surface area (TPSA) is 86.0 Å². The maximum atomic E-state index is 5.93. The Labute approximate surface area is 124 Å². The van der Waals surface area contributed by atoms with Gasteiger partial charge in [0.25, 0.3) is 0 Å². The molecule has 21 heavy (non-hydrogen) atoms. The van der Waals surface area contributed by atoms with Crippen LogP contribution in [0.15, 0.2) is 18.5 Å². The molecule has 0 amide bonds. The second kappa shape index (κ2) is 6.49. The molecule has 2 aromatic rings. The van der Waals surface area contributed by atoms with Crippen LogP contribution in [0.2, 0.25) is 0 Å². The molecule has 6 nitrogen and oxygen atoms in total. The number of rotatable bonds is 5. The van der Waals surface area contributed by atoms with Gasteiger partial charge in [-0.3, -0.25) is 4.98 Å². The van der Waals surface area contributed by atoms with Gasteiger partial charge in [0.15, 0.2) is 11.6 Å². The summed E-state index contributed by atoms with van der Waals surface area (Å²) in [6.45, 7) is 6.65. The number of nitrogens with one attached hydrogen (secondary N) is 1. The molecule has 0 unspecified atom stereocenters. The first-order valence-electron chi connectivity index (χ1n) is 6.91. The van der Waals surface area contributed by atoms with E-state index in [-0.39, 0.29) is 0 Å². The van der Waals surface area contributed by atoms with Crippen molar-refractivity contribution in [2.24, 2.45) is 0 Å². The third-order valence-corrected chi connectivity index (χ3v) is 3.05. The number of aromatic nitrogens is 3. The van der Waals surface area contributed by atoms with Crippen molar-refractivity contribution in [1.82, 2.24) is 20.3 Å². The molecule has 0 aromatic carbocycles. The number of ether oxygens (including phenoxy) is 1. The minimum Gasteiger partial charge on any atom is -0.451 e. The quantitative estimate of drug-likeness (QED) is 0.878. The first-order chi connectivity index (χ1) is 10.0. The first-order valence-corrected chi connectivity index (χ1v) is 6.91. The monoisotopic (exact) mass is 287 g/mol. The Morgan fingerprint density at radius 3 is 2.62 bits per heavy atom. The first kappa shape index (κ1) is 15.2. The zero-order valence-corrected chi connectivity index (χ0v) is 12.8. The van der Waals surface area contributed by atoms with Gasteiger partial charge in [-0.2, -0.15) is 0 Å². The Kier molecular flexibility index (Phi) is 4.70. The fourth-order valence-electron chi connectivity index (χ4n) is 1.96. The van der Waals surface area contributed by atoms with E-state index in [2.05, 4.69) is 34.1 Å². The fraction of sp³-hybridized carbons (Fsp3) is 0.400. The lowest BCUT2D eigenvalue weighted by Crippen LogP contribution is -2.08. The average molecular weight is 287 g/mol.